The van der Waals surface area contributed by atoms with Crippen molar-refractivity contribution in [3.8, 4) is 6.07 Å². The SMILES string of the molecule is CNS(=O)(=O)c1cc(C(=O)OC(C)C(=O)NC(C)(C#N)C(C)C)n(C)c1. The van der Waals surface area contributed by atoms with Crippen LogP contribution in [0.25, 0.3) is 0 Å². The molecule has 0 aromatic carbocycles. The number of sulfonamides is 1. The maximum Gasteiger partial charge on any atom is 0.355 e. The number of carbonyl (C=O) groups is 2. The van der Waals surface area contributed by atoms with Gasteiger partial charge in [-0.15, -0.1) is 0 Å². The highest BCUT2D eigenvalue weighted by Gasteiger charge is 2.33. The highest BCUT2D eigenvalue weighted by Crippen LogP contribution is 2.17. The van der Waals surface area contributed by atoms with E-state index < -0.39 is 33.5 Å². The van der Waals surface area contributed by atoms with E-state index in [9.17, 15) is 23.3 Å². The largest absolute Gasteiger partial charge is 0.448 e. The van der Waals surface area contributed by atoms with Crippen LogP contribution in [0.1, 0.15) is 38.2 Å². The molecule has 1 aromatic heterocycles. The molecule has 0 fully saturated rings. The molecular formula is C16H24N4O5S. The highest BCUT2D eigenvalue weighted by molar-refractivity contribution is 7.89. The number of hydrogen-bond acceptors (Lipinski definition) is 6. The quantitative estimate of drug-likeness (QED) is 0.660. The van der Waals surface area contributed by atoms with Gasteiger partial charge in [-0.3, -0.25) is 4.79 Å². The molecule has 1 rings (SSSR count). The minimum absolute atomic E-state index is 0.0228. The van der Waals surface area contributed by atoms with Gasteiger partial charge in [0.15, 0.2) is 6.10 Å². The lowest BCUT2D eigenvalue weighted by molar-refractivity contribution is -0.130. The average Bonchev–Trinajstić information content (AvgIpc) is 2.97. The third-order valence-corrected chi connectivity index (χ3v) is 5.57. The predicted molar refractivity (Wildman–Crippen MR) is 93.5 cm³/mol. The number of esters is 1. The zero-order valence-corrected chi connectivity index (χ0v) is 16.5. The third-order valence-electron chi connectivity index (χ3n) is 4.19. The molecule has 0 aliphatic carbocycles. The van der Waals surface area contributed by atoms with Crippen LogP contribution in [0.4, 0.5) is 0 Å². The van der Waals surface area contributed by atoms with Crippen LogP contribution in [-0.4, -0.2) is 43.6 Å². The van der Waals surface area contributed by atoms with Crippen LogP contribution in [0.5, 0.6) is 0 Å². The summed E-state index contributed by atoms with van der Waals surface area (Å²) in [4.78, 5) is 24.4. The van der Waals surface area contributed by atoms with E-state index in [-0.39, 0.29) is 16.5 Å². The highest BCUT2D eigenvalue weighted by atomic mass is 32.2. The molecule has 0 bridgehead atoms. The molecule has 2 N–H and O–H groups in total. The Morgan fingerprint density at radius 3 is 2.38 bits per heavy atom. The van der Waals surface area contributed by atoms with E-state index in [1.54, 1.807) is 20.8 Å². The van der Waals surface area contributed by atoms with Crippen molar-refractivity contribution in [2.75, 3.05) is 7.05 Å². The number of nitriles is 1. The molecule has 2 unspecified atom stereocenters. The smallest absolute Gasteiger partial charge is 0.355 e. The number of carbonyl (C=O) groups excluding carboxylic acids is 2. The lowest BCUT2D eigenvalue weighted by Crippen LogP contribution is -2.52. The van der Waals surface area contributed by atoms with E-state index >= 15 is 0 Å². The second kappa shape index (κ2) is 7.88. The van der Waals surface area contributed by atoms with Gasteiger partial charge < -0.3 is 14.6 Å². The first-order chi connectivity index (χ1) is 11.9. The van der Waals surface area contributed by atoms with Gasteiger partial charge in [-0.1, -0.05) is 13.8 Å². The normalized spacial score (nSPS) is 15.0. The molecule has 10 heteroatoms. The summed E-state index contributed by atoms with van der Waals surface area (Å²) in [6.45, 7) is 6.53. The summed E-state index contributed by atoms with van der Waals surface area (Å²) in [5.41, 5.74) is -1.12. The molecule has 9 nitrogen and oxygen atoms in total. The zero-order chi connectivity index (χ0) is 20.3. The van der Waals surface area contributed by atoms with Crippen LogP contribution < -0.4 is 10.0 Å². The Kier molecular flexibility index (Phi) is 6.57. The minimum Gasteiger partial charge on any atom is -0.448 e. The molecule has 144 valence electrons. The Hall–Kier alpha value is -2.38. The Labute approximate surface area is 153 Å². The molecule has 1 heterocycles. The zero-order valence-electron chi connectivity index (χ0n) is 15.7. The molecule has 0 aliphatic heterocycles. The first-order valence-corrected chi connectivity index (χ1v) is 9.40. The van der Waals surface area contributed by atoms with Crippen molar-refractivity contribution >= 4 is 21.9 Å². The number of amides is 1. The lowest BCUT2D eigenvalue weighted by Gasteiger charge is -2.28. The van der Waals surface area contributed by atoms with E-state index in [4.69, 9.17) is 4.74 Å². The molecule has 2 atom stereocenters. The maximum atomic E-state index is 12.3. The van der Waals surface area contributed by atoms with Crippen LogP contribution in [0.15, 0.2) is 17.2 Å². The maximum absolute atomic E-state index is 12.3. The van der Waals surface area contributed by atoms with Crippen LogP contribution >= 0.6 is 0 Å². The molecular weight excluding hydrogens is 360 g/mol. The van der Waals surface area contributed by atoms with E-state index in [1.807, 2.05) is 6.07 Å². The first-order valence-electron chi connectivity index (χ1n) is 7.92. The topological polar surface area (TPSA) is 130 Å². The second-order valence-electron chi connectivity index (χ2n) is 6.39. The summed E-state index contributed by atoms with van der Waals surface area (Å²) in [6.07, 6.45) is 0.103. The third kappa shape index (κ3) is 4.62. The molecule has 26 heavy (non-hydrogen) atoms. The Morgan fingerprint density at radius 1 is 1.35 bits per heavy atom. The number of hydrogen-bond donors (Lipinski definition) is 2. The van der Waals surface area contributed by atoms with Crippen molar-refractivity contribution < 1.29 is 22.7 Å². The summed E-state index contributed by atoms with van der Waals surface area (Å²) in [6, 6.07) is 3.19. The van der Waals surface area contributed by atoms with Gasteiger partial charge in [0, 0.05) is 13.2 Å². The number of nitrogens with zero attached hydrogens (tertiary/aromatic N) is 2. The van der Waals surface area contributed by atoms with Crippen molar-refractivity contribution in [2.24, 2.45) is 13.0 Å². The molecule has 0 radical (unpaired) electrons. The fraction of sp³-hybridized carbons (Fsp3) is 0.562. The van der Waals surface area contributed by atoms with Gasteiger partial charge in [-0.25, -0.2) is 17.9 Å². The van der Waals surface area contributed by atoms with Crippen molar-refractivity contribution in [3.63, 3.8) is 0 Å². The van der Waals surface area contributed by atoms with Crippen molar-refractivity contribution in [1.29, 1.82) is 5.26 Å². The average molecular weight is 384 g/mol. The van der Waals surface area contributed by atoms with Gasteiger partial charge in [0.1, 0.15) is 16.1 Å². The Bertz CT molecular complexity index is 837. The number of aromatic nitrogens is 1. The van der Waals surface area contributed by atoms with Gasteiger partial charge in [0.2, 0.25) is 10.0 Å². The summed E-state index contributed by atoms with van der Waals surface area (Å²) < 4.78 is 32.2. The summed E-state index contributed by atoms with van der Waals surface area (Å²) in [5.74, 6) is -1.62. The van der Waals surface area contributed by atoms with Crippen LogP contribution in [0, 0.1) is 17.2 Å². The Morgan fingerprint density at radius 2 is 1.92 bits per heavy atom. The molecule has 0 saturated carbocycles. The standard InChI is InChI=1S/C16H24N4O5S/c1-10(2)16(4,9-17)19-14(21)11(3)25-15(22)13-7-12(8-20(13)6)26(23,24)18-5/h7-8,10-11,18H,1-6H3,(H,19,21). The van der Waals surface area contributed by atoms with Gasteiger partial charge >= 0.3 is 5.97 Å². The number of nitrogens with one attached hydrogen (secondary N) is 2. The first kappa shape index (κ1) is 21.7. The number of ether oxygens (including phenoxy) is 1. The summed E-state index contributed by atoms with van der Waals surface area (Å²) >= 11 is 0. The second-order valence-corrected chi connectivity index (χ2v) is 8.27. The molecule has 0 aliphatic rings. The van der Waals surface area contributed by atoms with Crippen molar-refractivity contribution in [1.82, 2.24) is 14.6 Å². The van der Waals surface area contributed by atoms with E-state index in [0.717, 1.165) is 6.07 Å². The fourth-order valence-corrected chi connectivity index (χ4v) is 2.73. The molecule has 0 saturated heterocycles. The molecule has 1 amide bonds. The van der Waals surface area contributed by atoms with Crippen molar-refractivity contribution in [2.45, 2.75) is 44.2 Å². The van der Waals surface area contributed by atoms with Gasteiger partial charge in [-0.2, -0.15) is 5.26 Å². The fourth-order valence-electron chi connectivity index (χ4n) is 1.94. The van der Waals surface area contributed by atoms with Crippen LogP contribution in [0.3, 0.4) is 0 Å². The van der Waals surface area contributed by atoms with Crippen LogP contribution in [0.2, 0.25) is 0 Å². The van der Waals surface area contributed by atoms with Gasteiger partial charge in [-0.05, 0) is 32.9 Å². The van der Waals surface area contributed by atoms with Gasteiger partial charge in [0.05, 0.1) is 6.07 Å². The van der Waals surface area contributed by atoms with Crippen molar-refractivity contribution in [3.05, 3.63) is 18.0 Å². The van der Waals surface area contributed by atoms with Crippen LogP contribution in [-0.2, 0) is 26.6 Å². The van der Waals surface area contributed by atoms with E-state index in [2.05, 4.69) is 10.0 Å². The summed E-state index contributed by atoms with van der Waals surface area (Å²) in [5, 5.41) is 11.8. The Balaban J connectivity index is 2.92. The molecule has 0 spiro atoms. The lowest BCUT2D eigenvalue weighted by atomic mass is 9.90. The minimum atomic E-state index is -3.71. The monoisotopic (exact) mass is 384 g/mol. The summed E-state index contributed by atoms with van der Waals surface area (Å²) in [7, 11) is -0.964. The molecule has 1 aromatic rings. The predicted octanol–water partition coefficient (Wildman–Crippen LogP) is 0.533. The number of aryl methyl sites for hydroxylation is 1. The van der Waals surface area contributed by atoms with Gasteiger partial charge in [0.25, 0.3) is 5.91 Å². The van der Waals surface area contributed by atoms with E-state index in [0.29, 0.717) is 0 Å². The number of rotatable bonds is 7. The van der Waals surface area contributed by atoms with E-state index in [1.165, 1.54) is 31.8 Å².